The first-order valence-corrected chi connectivity index (χ1v) is 8.42. The Balaban J connectivity index is 1.67. The third-order valence-electron chi connectivity index (χ3n) is 3.06. The highest BCUT2D eigenvalue weighted by molar-refractivity contribution is 7.12. The maximum atomic E-state index is 11.7. The van der Waals surface area contributed by atoms with Crippen LogP contribution in [0, 0.1) is 13.8 Å². The lowest BCUT2D eigenvalue weighted by molar-refractivity contribution is -0.129. The van der Waals surface area contributed by atoms with E-state index in [-0.39, 0.29) is 19.1 Å². The third kappa shape index (κ3) is 6.27. The van der Waals surface area contributed by atoms with Crippen LogP contribution in [0.5, 0.6) is 5.75 Å². The van der Waals surface area contributed by atoms with Gasteiger partial charge in [-0.3, -0.25) is 25.2 Å². The average molecular weight is 361 g/mol. The molecule has 0 radical (unpaired) electrons. The van der Waals surface area contributed by atoms with Gasteiger partial charge in [0.25, 0.3) is 17.7 Å². The standard InChI is InChI=1S/C17H19N3O4S/c1-11-6-12(2)8-13(7-11)24-10-16(22)20-19-15(21)9-18-17(23)14-4-3-5-25-14/h3-8H,9-10H2,1-2H3,(H,18,23)(H,19,21)(H,20,22). The molecule has 2 rings (SSSR count). The van der Waals surface area contributed by atoms with Crippen molar-refractivity contribution in [1.29, 1.82) is 0 Å². The van der Waals surface area contributed by atoms with Gasteiger partial charge < -0.3 is 10.1 Å². The van der Waals surface area contributed by atoms with Gasteiger partial charge in [-0.2, -0.15) is 0 Å². The molecule has 1 aromatic heterocycles. The Morgan fingerprint density at radius 2 is 1.72 bits per heavy atom. The summed E-state index contributed by atoms with van der Waals surface area (Å²) in [6, 6.07) is 9.04. The maximum Gasteiger partial charge on any atom is 0.276 e. The van der Waals surface area contributed by atoms with Crippen molar-refractivity contribution in [3.05, 3.63) is 51.7 Å². The Kier molecular flexibility index (Phi) is 6.53. The number of thiophene rings is 1. The third-order valence-corrected chi connectivity index (χ3v) is 3.93. The molecule has 0 bridgehead atoms. The molecule has 0 aliphatic rings. The Hall–Kier alpha value is -2.87. The monoisotopic (exact) mass is 361 g/mol. The van der Waals surface area contributed by atoms with Gasteiger partial charge in [-0.1, -0.05) is 12.1 Å². The zero-order valence-corrected chi connectivity index (χ0v) is 14.7. The molecule has 1 heterocycles. The number of carbonyl (C=O) groups is 3. The van der Waals surface area contributed by atoms with E-state index >= 15 is 0 Å². The molecule has 8 heteroatoms. The molecule has 3 amide bonds. The minimum absolute atomic E-state index is 0.231. The van der Waals surface area contributed by atoms with Crippen molar-refractivity contribution >= 4 is 29.1 Å². The molecule has 3 N–H and O–H groups in total. The minimum atomic E-state index is -0.537. The van der Waals surface area contributed by atoms with Crippen molar-refractivity contribution in [1.82, 2.24) is 16.2 Å². The van der Waals surface area contributed by atoms with E-state index in [1.165, 1.54) is 11.3 Å². The highest BCUT2D eigenvalue weighted by Crippen LogP contribution is 2.15. The summed E-state index contributed by atoms with van der Waals surface area (Å²) in [5.74, 6) is -0.793. The highest BCUT2D eigenvalue weighted by Gasteiger charge is 2.10. The summed E-state index contributed by atoms with van der Waals surface area (Å²) in [5.41, 5.74) is 6.51. The van der Waals surface area contributed by atoms with E-state index in [2.05, 4.69) is 16.2 Å². The number of aryl methyl sites for hydroxylation is 2. The van der Waals surface area contributed by atoms with Crippen LogP contribution in [0.15, 0.2) is 35.7 Å². The average Bonchev–Trinajstić information content (AvgIpc) is 3.09. The summed E-state index contributed by atoms with van der Waals surface area (Å²) in [4.78, 5) is 35.5. The van der Waals surface area contributed by atoms with Gasteiger partial charge in [0.2, 0.25) is 0 Å². The molecule has 0 unspecified atom stereocenters. The lowest BCUT2D eigenvalue weighted by atomic mass is 10.1. The summed E-state index contributed by atoms with van der Waals surface area (Å²) in [7, 11) is 0. The summed E-state index contributed by atoms with van der Waals surface area (Å²) in [5, 5.41) is 4.22. The van der Waals surface area contributed by atoms with Crippen molar-refractivity contribution in [2.75, 3.05) is 13.2 Å². The maximum absolute atomic E-state index is 11.7. The van der Waals surface area contributed by atoms with Crippen LogP contribution in [0.25, 0.3) is 0 Å². The zero-order chi connectivity index (χ0) is 18.2. The number of amides is 3. The molecule has 132 valence electrons. The fourth-order valence-electron chi connectivity index (χ4n) is 2.04. The summed E-state index contributed by atoms with van der Waals surface area (Å²) in [6.45, 7) is 3.40. The molecule has 0 spiro atoms. The number of ether oxygens (including phenoxy) is 1. The lowest BCUT2D eigenvalue weighted by Crippen LogP contribution is -2.47. The molecule has 0 fully saturated rings. The number of hydrazine groups is 1. The molecule has 2 aromatic rings. The number of hydrogen-bond acceptors (Lipinski definition) is 5. The largest absolute Gasteiger partial charge is 0.484 e. The van der Waals surface area contributed by atoms with Gasteiger partial charge in [0.1, 0.15) is 5.75 Å². The van der Waals surface area contributed by atoms with E-state index in [1.54, 1.807) is 17.5 Å². The topological polar surface area (TPSA) is 96.5 Å². The normalized spacial score (nSPS) is 10.0. The molecule has 0 aliphatic heterocycles. The van der Waals surface area contributed by atoms with Crippen molar-refractivity contribution in [3.8, 4) is 5.75 Å². The van der Waals surface area contributed by atoms with Gasteiger partial charge in [0.15, 0.2) is 6.61 Å². The van der Waals surface area contributed by atoms with Crippen molar-refractivity contribution in [3.63, 3.8) is 0 Å². The van der Waals surface area contributed by atoms with Crippen LogP contribution in [0.4, 0.5) is 0 Å². The fourth-order valence-corrected chi connectivity index (χ4v) is 2.68. The number of nitrogens with one attached hydrogen (secondary N) is 3. The Bertz CT molecular complexity index is 739. The van der Waals surface area contributed by atoms with Gasteiger partial charge in [0.05, 0.1) is 11.4 Å². The summed E-state index contributed by atoms with van der Waals surface area (Å²) >= 11 is 1.28. The van der Waals surface area contributed by atoms with Gasteiger partial charge in [-0.15, -0.1) is 11.3 Å². The zero-order valence-electron chi connectivity index (χ0n) is 13.9. The van der Waals surface area contributed by atoms with Gasteiger partial charge in [-0.25, -0.2) is 0 Å². The second-order valence-electron chi connectivity index (χ2n) is 5.37. The van der Waals surface area contributed by atoms with E-state index in [4.69, 9.17) is 4.74 Å². The molecule has 0 saturated carbocycles. The molecule has 25 heavy (non-hydrogen) atoms. The molecule has 0 saturated heterocycles. The van der Waals surface area contributed by atoms with E-state index < -0.39 is 11.8 Å². The number of carbonyl (C=O) groups excluding carboxylic acids is 3. The summed E-state index contributed by atoms with van der Waals surface area (Å²) < 4.78 is 5.38. The van der Waals surface area contributed by atoms with Crippen LogP contribution in [-0.2, 0) is 9.59 Å². The SMILES string of the molecule is Cc1cc(C)cc(OCC(=O)NNC(=O)CNC(=O)c2cccs2)c1. The van der Waals surface area contributed by atoms with E-state index in [0.717, 1.165) is 11.1 Å². The van der Waals surface area contributed by atoms with Gasteiger partial charge >= 0.3 is 0 Å². The highest BCUT2D eigenvalue weighted by atomic mass is 32.1. The van der Waals surface area contributed by atoms with Crippen LogP contribution >= 0.6 is 11.3 Å². The van der Waals surface area contributed by atoms with E-state index in [9.17, 15) is 14.4 Å². The van der Waals surface area contributed by atoms with Crippen LogP contribution < -0.4 is 20.9 Å². The number of rotatable bonds is 6. The first-order chi connectivity index (χ1) is 11.9. The fraction of sp³-hybridized carbons (Fsp3) is 0.235. The van der Waals surface area contributed by atoms with E-state index in [0.29, 0.717) is 10.6 Å². The van der Waals surface area contributed by atoms with E-state index in [1.807, 2.05) is 32.0 Å². The predicted molar refractivity (Wildman–Crippen MR) is 94.3 cm³/mol. The molecule has 1 aromatic carbocycles. The Morgan fingerprint density at radius 1 is 1.04 bits per heavy atom. The second-order valence-corrected chi connectivity index (χ2v) is 6.32. The lowest BCUT2D eigenvalue weighted by Gasteiger charge is -2.10. The van der Waals surface area contributed by atoms with Gasteiger partial charge in [-0.05, 0) is 48.6 Å². The number of hydrogen-bond donors (Lipinski definition) is 3. The molecular weight excluding hydrogens is 342 g/mol. The van der Waals surface area contributed by atoms with Crippen molar-refractivity contribution < 1.29 is 19.1 Å². The van der Waals surface area contributed by atoms with Crippen molar-refractivity contribution in [2.45, 2.75) is 13.8 Å². The molecule has 0 atom stereocenters. The van der Waals surface area contributed by atoms with Crippen molar-refractivity contribution in [2.24, 2.45) is 0 Å². The first kappa shape index (κ1) is 18.5. The Morgan fingerprint density at radius 3 is 2.36 bits per heavy atom. The second kappa shape index (κ2) is 8.84. The summed E-state index contributed by atoms with van der Waals surface area (Å²) in [6.07, 6.45) is 0. The van der Waals surface area contributed by atoms with Gasteiger partial charge in [0, 0.05) is 0 Å². The van der Waals surface area contributed by atoms with Crippen LogP contribution in [0.1, 0.15) is 20.8 Å². The minimum Gasteiger partial charge on any atom is -0.484 e. The molecular formula is C17H19N3O4S. The van der Waals surface area contributed by atoms with Crippen LogP contribution in [0.3, 0.4) is 0 Å². The quantitative estimate of drug-likeness (QED) is 0.676. The Labute approximate surface area is 149 Å². The first-order valence-electron chi connectivity index (χ1n) is 7.54. The molecule has 7 nitrogen and oxygen atoms in total. The number of benzene rings is 1. The van der Waals surface area contributed by atoms with Crippen LogP contribution in [-0.4, -0.2) is 30.9 Å². The predicted octanol–water partition coefficient (Wildman–Crippen LogP) is 1.32. The van der Waals surface area contributed by atoms with Crippen LogP contribution in [0.2, 0.25) is 0 Å². The molecule has 0 aliphatic carbocycles. The smallest absolute Gasteiger partial charge is 0.276 e.